The second-order valence-electron chi connectivity index (χ2n) is 6.37. The van der Waals surface area contributed by atoms with Gasteiger partial charge in [-0.05, 0) is 37.3 Å². The molecular weight excluding hydrogens is 429 g/mol. The van der Waals surface area contributed by atoms with Gasteiger partial charge in [-0.25, -0.2) is 9.07 Å². The molecule has 0 aliphatic carbocycles. The van der Waals surface area contributed by atoms with E-state index in [-0.39, 0.29) is 10.9 Å². The lowest BCUT2D eigenvalue weighted by atomic mass is 10.1. The first kappa shape index (κ1) is 20.6. The van der Waals surface area contributed by atoms with Crippen molar-refractivity contribution in [2.75, 3.05) is 21.3 Å². The summed E-state index contributed by atoms with van der Waals surface area (Å²) in [4.78, 5) is 4.42. The molecule has 0 saturated carbocycles. The van der Waals surface area contributed by atoms with Crippen molar-refractivity contribution in [1.29, 1.82) is 0 Å². The van der Waals surface area contributed by atoms with Gasteiger partial charge in [-0.3, -0.25) is 0 Å². The van der Waals surface area contributed by atoms with E-state index in [1.807, 2.05) is 0 Å². The van der Waals surface area contributed by atoms with Gasteiger partial charge < -0.3 is 18.7 Å². The van der Waals surface area contributed by atoms with Crippen LogP contribution in [0.5, 0.6) is 17.2 Å². The lowest BCUT2D eigenvalue weighted by molar-refractivity contribution is 0.324. The minimum atomic E-state index is -0.518. The summed E-state index contributed by atoms with van der Waals surface area (Å²) in [6, 6.07) is 7.67. The number of hydrogen-bond donors (Lipinski definition) is 0. The summed E-state index contributed by atoms with van der Waals surface area (Å²) in [7, 11) is 4.56. The van der Waals surface area contributed by atoms with Crippen molar-refractivity contribution in [3.05, 3.63) is 46.9 Å². The van der Waals surface area contributed by atoms with E-state index in [0.717, 1.165) is 0 Å². The van der Waals surface area contributed by atoms with Crippen LogP contribution in [0.4, 0.5) is 4.39 Å². The van der Waals surface area contributed by atoms with Crippen LogP contribution in [0.2, 0.25) is 5.02 Å². The molecule has 0 spiro atoms. The number of ether oxygens (including phenoxy) is 3. The van der Waals surface area contributed by atoms with Gasteiger partial charge >= 0.3 is 0 Å². The molecule has 0 aliphatic rings. The standard InChI is InChI=1S/C20H17ClFN5O4/c1-10-17(24-26-27(10)12-5-6-14(22)13(21)9-12)20-23-19(25-31-20)11-7-15(28-2)18(30-4)16(8-11)29-3/h5-9H,1-4H3. The third kappa shape index (κ3) is 3.66. The van der Waals surface area contributed by atoms with Crippen LogP contribution >= 0.6 is 11.6 Å². The molecule has 9 nitrogen and oxygen atoms in total. The number of benzene rings is 2. The van der Waals surface area contributed by atoms with Gasteiger partial charge in [0.25, 0.3) is 5.89 Å². The van der Waals surface area contributed by atoms with Crippen LogP contribution in [0.25, 0.3) is 28.7 Å². The van der Waals surface area contributed by atoms with Crippen LogP contribution in [0.15, 0.2) is 34.9 Å². The fraction of sp³-hybridized carbons (Fsp3) is 0.200. The molecule has 11 heteroatoms. The average Bonchev–Trinajstić information content (AvgIpc) is 3.41. The zero-order valence-electron chi connectivity index (χ0n) is 17.0. The minimum absolute atomic E-state index is 0.0172. The summed E-state index contributed by atoms with van der Waals surface area (Å²) in [5.74, 6) is 1.32. The molecule has 0 aliphatic heterocycles. The first-order chi connectivity index (χ1) is 15.0. The Balaban J connectivity index is 1.72. The molecule has 0 fully saturated rings. The molecular formula is C20H17ClFN5O4. The first-order valence-electron chi connectivity index (χ1n) is 8.99. The largest absolute Gasteiger partial charge is 0.493 e. The van der Waals surface area contributed by atoms with Crippen LogP contribution < -0.4 is 14.2 Å². The number of nitrogens with zero attached hydrogens (tertiary/aromatic N) is 5. The molecule has 160 valence electrons. The van der Waals surface area contributed by atoms with Gasteiger partial charge in [-0.2, -0.15) is 4.98 Å². The van der Waals surface area contributed by atoms with Crippen molar-refractivity contribution in [3.63, 3.8) is 0 Å². The van der Waals surface area contributed by atoms with Gasteiger partial charge in [-0.1, -0.05) is 22.0 Å². The summed E-state index contributed by atoms with van der Waals surface area (Å²) in [5.41, 5.74) is 2.14. The Morgan fingerprint density at radius 1 is 1.03 bits per heavy atom. The van der Waals surface area contributed by atoms with Crippen molar-refractivity contribution >= 4 is 11.6 Å². The average molecular weight is 446 g/mol. The molecule has 2 heterocycles. The zero-order valence-corrected chi connectivity index (χ0v) is 17.8. The molecule has 0 bridgehead atoms. The maximum absolute atomic E-state index is 13.5. The summed E-state index contributed by atoms with van der Waals surface area (Å²) in [6.07, 6.45) is 0. The molecule has 31 heavy (non-hydrogen) atoms. The monoisotopic (exact) mass is 445 g/mol. The van der Waals surface area contributed by atoms with E-state index in [2.05, 4.69) is 20.5 Å². The Hall–Kier alpha value is -3.66. The summed E-state index contributed by atoms with van der Waals surface area (Å²) in [6.45, 7) is 1.77. The highest BCUT2D eigenvalue weighted by atomic mass is 35.5. The van der Waals surface area contributed by atoms with Crippen LogP contribution in [0.3, 0.4) is 0 Å². The highest BCUT2D eigenvalue weighted by Crippen LogP contribution is 2.40. The number of hydrogen-bond acceptors (Lipinski definition) is 8. The molecule has 2 aromatic carbocycles. The maximum Gasteiger partial charge on any atom is 0.280 e. The van der Waals surface area contributed by atoms with Crippen LogP contribution in [-0.2, 0) is 0 Å². The van der Waals surface area contributed by atoms with Gasteiger partial charge in [0.2, 0.25) is 11.6 Å². The molecule has 2 aromatic heterocycles. The summed E-state index contributed by atoms with van der Waals surface area (Å²) < 4.78 is 36.4. The first-order valence-corrected chi connectivity index (χ1v) is 9.36. The summed E-state index contributed by atoms with van der Waals surface area (Å²) in [5, 5.41) is 12.2. The smallest absolute Gasteiger partial charge is 0.280 e. The molecule has 4 rings (SSSR count). The molecule has 0 unspecified atom stereocenters. The summed E-state index contributed by atoms with van der Waals surface area (Å²) >= 11 is 5.88. The van der Waals surface area contributed by atoms with E-state index in [1.165, 1.54) is 38.1 Å². The van der Waals surface area contributed by atoms with Gasteiger partial charge in [0.15, 0.2) is 17.2 Å². The molecule has 0 saturated heterocycles. The van der Waals surface area contributed by atoms with Gasteiger partial charge in [0.05, 0.1) is 37.7 Å². The molecule has 0 atom stereocenters. The normalized spacial score (nSPS) is 10.9. The number of methoxy groups -OCH3 is 3. The fourth-order valence-corrected chi connectivity index (χ4v) is 3.21. The van der Waals surface area contributed by atoms with Crippen molar-refractivity contribution in [1.82, 2.24) is 25.1 Å². The van der Waals surface area contributed by atoms with Gasteiger partial charge in [0.1, 0.15) is 5.82 Å². The SMILES string of the molecule is COc1cc(-c2noc(-c3nnn(-c4ccc(F)c(Cl)c4)c3C)n2)cc(OC)c1OC. The van der Waals surface area contributed by atoms with E-state index >= 15 is 0 Å². The number of rotatable bonds is 6. The van der Waals surface area contributed by atoms with Crippen LogP contribution in [0, 0.1) is 12.7 Å². The van der Waals surface area contributed by atoms with Crippen molar-refractivity contribution in [2.45, 2.75) is 6.92 Å². The van der Waals surface area contributed by atoms with E-state index in [1.54, 1.807) is 25.1 Å². The van der Waals surface area contributed by atoms with E-state index in [0.29, 0.717) is 45.7 Å². The second-order valence-corrected chi connectivity index (χ2v) is 6.78. The quantitative estimate of drug-likeness (QED) is 0.437. The predicted molar refractivity (Wildman–Crippen MR) is 109 cm³/mol. The van der Waals surface area contributed by atoms with E-state index in [4.69, 9.17) is 30.3 Å². The Kier molecular flexibility index (Phi) is 5.47. The molecule has 4 aromatic rings. The topological polar surface area (TPSA) is 97.3 Å². The van der Waals surface area contributed by atoms with Crippen LogP contribution in [-0.4, -0.2) is 46.5 Å². The second kappa shape index (κ2) is 8.23. The Morgan fingerprint density at radius 2 is 1.74 bits per heavy atom. The van der Waals surface area contributed by atoms with Gasteiger partial charge in [-0.15, -0.1) is 5.10 Å². The fourth-order valence-electron chi connectivity index (χ4n) is 3.04. The van der Waals surface area contributed by atoms with E-state index in [9.17, 15) is 4.39 Å². The van der Waals surface area contributed by atoms with Crippen LogP contribution in [0.1, 0.15) is 5.69 Å². The third-order valence-corrected chi connectivity index (χ3v) is 4.88. The van der Waals surface area contributed by atoms with Crippen molar-refractivity contribution < 1.29 is 23.1 Å². The highest BCUT2D eigenvalue weighted by molar-refractivity contribution is 6.30. The van der Waals surface area contributed by atoms with E-state index < -0.39 is 5.82 Å². The predicted octanol–water partition coefficient (Wildman–Crippen LogP) is 4.11. The third-order valence-electron chi connectivity index (χ3n) is 4.59. The Morgan fingerprint density at radius 3 is 2.35 bits per heavy atom. The Bertz CT molecular complexity index is 1230. The number of halogens is 2. The molecule has 0 radical (unpaired) electrons. The molecule has 0 amide bonds. The minimum Gasteiger partial charge on any atom is -0.493 e. The zero-order chi connectivity index (χ0) is 22.1. The van der Waals surface area contributed by atoms with Gasteiger partial charge in [0, 0.05) is 5.56 Å². The maximum atomic E-state index is 13.5. The van der Waals surface area contributed by atoms with Crippen molar-refractivity contribution in [3.8, 4) is 45.9 Å². The number of aromatic nitrogens is 5. The Labute approximate surface area is 181 Å². The van der Waals surface area contributed by atoms with Crippen molar-refractivity contribution in [2.24, 2.45) is 0 Å². The lowest BCUT2D eigenvalue weighted by Gasteiger charge is -2.12. The highest BCUT2D eigenvalue weighted by Gasteiger charge is 2.21. The molecule has 0 N–H and O–H groups in total. The lowest BCUT2D eigenvalue weighted by Crippen LogP contribution is -1.99.